The fraction of sp³-hybridized carbons (Fsp3) is 0.636. The van der Waals surface area contributed by atoms with E-state index in [4.69, 9.17) is 4.52 Å². The molecule has 0 aliphatic heterocycles. The summed E-state index contributed by atoms with van der Waals surface area (Å²) in [6.07, 6.45) is 1.90. The summed E-state index contributed by atoms with van der Waals surface area (Å²) in [6.45, 7) is 6.87. The molecule has 98 valence electrons. The van der Waals surface area contributed by atoms with Crippen molar-refractivity contribution in [3.05, 3.63) is 11.5 Å². The Morgan fingerprint density at radius 3 is 2.94 bits per heavy atom. The first-order chi connectivity index (χ1) is 8.70. The molecule has 0 fully saturated rings. The minimum atomic E-state index is 0.396. The highest BCUT2D eigenvalue weighted by Crippen LogP contribution is 2.25. The summed E-state index contributed by atoms with van der Waals surface area (Å²) in [7, 11) is 0. The summed E-state index contributed by atoms with van der Waals surface area (Å²) in [6, 6.07) is 0.396. The van der Waals surface area contributed by atoms with Crippen LogP contribution in [0.1, 0.15) is 38.7 Å². The van der Waals surface area contributed by atoms with Crippen LogP contribution in [0.3, 0.4) is 0 Å². The number of aryl methyl sites for hydroxylation is 1. The largest absolute Gasteiger partial charge is 0.333 e. The minimum Gasteiger partial charge on any atom is -0.333 e. The molecule has 6 nitrogen and oxygen atoms in total. The summed E-state index contributed by atoms with van der Waals surface area (Å²) in [5.74, 6) is 1.18. The third kappa shape index (κ3) is 3.11. The lowest BCUT2D eigenvalue weighted by Gasteiger charge is -2.03. The Morgan fingerprint density at radius 1 is 1.39 bits per heavy atom. The van der Waals surface area contributed by atoms with Crippen LogP contribution >= 0.6 is 11.5 Å². The van der Waals surface area contributed by atoms with Crippen LogP contribution in [0.15, 0.2) is 4.52 Å². The van der Waals surface area contributed by atoms with Crippen LogP contribution in [0.25, 0.3) is 10.8 Å². The van der Waals surface area contributed by atoms with Gasteiger partial charge < -0.3 is 9.84 Å². The van der Waals surface area contributed by atoms with E-state index in [1.165, 1.54) is 11.5 Å². The van der Waals surface area contributed by atoms with Crippen molar-refractivity contribution in [2.45, 2.75) is 46.2 Å². The van der Waals surface area contributed by atoms with E-state index in [1.54, 1.807) is 0 Å². The monoisotopic (exact) mass is 267 g/mol. The number of nitrogens with zero attached hydrogens (tertiary/aromatic N) is 4. The molecule has 2 aromatic rings. The molecule has 7 heteroatoms. The molecule has 0 spiro atoms. The minimum absolute atomic E-state index is 0.396. The van der Waals surface area contributed by atoms with E-state index in [-0.39, 0.29) is 0 Å². The average Bonchev–Trinajstić information content (AvgIpc) is 2.94. The average molecular weight is 267 g/mol. The molecule has 0 atom stereocenters. The van der Waals surface area contributed by atoms with Crippen LogP contribution in [0.2, 0.25) is 0 Å². The SMILES string of the molecule is CCCc1nnsc1-c1nc(CNC(C)C)no1. The highest BCUT2D eigenvalue weighted by atomic mass is 32.1. The van der Waals surface area contributed by atoms with Gasteiger partial charge in [-0.25, -0.2) is 0 Å². The second kappa shape index (κ2) is 6.01. The van der Waals surface area contributed by atoms with E-state index in [2.05, 4.69) is 45.8 Å². The van der Waals surface area contributed by atoms with Gasteiger partial charge in [-0.1, -0.05) is 36.8 Å². The second-order valence-corrected chi connectivity index (χ2v) is 5.10. The summed E-state index contributed by atoms with van der Waals surface area (Å²) in [4.78, 5) is 5.25. The molecule has 2 heterocycles. The molecule has 18 heavy (non-hydrogen) atoms. The van der Waals surface area contributed by atoms with Gasteiger partial charge in [0.15, 0.2) is 5.82 Å². The van der Waals surface area contributed by atoms with Crippen molar-refractivity contribution in [3.8, 4) is 10.8 Å². The van der Waals surface area contributed by atoms with Crippen molar-refractivity contribution in [3.63, 3.8) is 0 Å². The molecule has 1 N–H and O–H groups in total. The lowest BCUT2D eigenvalue weighted by atomic mass is 10.2. The van der Waals surface area contributed by atoms with Gasteiger partial charge in [0.05, 0.1) is 12.2 Å². The molecule has 2 rings (SSSR count). The molecule has 0 radical (unpaired) electrons. The highest BCUT2D eigenvalue weighted by Gasteiger charge is 2.16. The van der Waals surface area contributed by atoms with Crippen molar-refractivity contribution in [1.29, 1.82) is 0 Å². The van der Waals surface area contributed by atoms with E-state index >= 15 is 0 Å². The Hall–Kier alpha value is -1.34. The fourth-order valence-electron chi connectivity index (χ4n) is 1.48. The van der Waals surface area contributed by atoms with E-state index in [0.717, 1.165) is 23.4 Å². The molecular formula is C11H17N5OS. The van der Waals surface area contributed by atoms with Crippen LogP contribution in [-0.2, 0) is 13.0 Å². The summed E-state index contributed by atoms with van der Waals surface area (Å²) in [5.41, 5.74) is 0.939. The van der Waals surface area contributed by atoms with Gasteiger partial charge in [-0.15, -0.1) is 5.10 Å². The standard InChI is InChI=1S/C11H17N5OS/c1-4-5-8-10(18-16-14-8)11-13-9(15-17-11)6-12-7(2)3/h7,12H,4-6H2,1-3H3. The lowest BCUT2D eigenvalue weighted by molar-refractivity contribution is 0.417. The van der Waals surface area contributed by atoms with Crippen LogP contribution in [0.4, 0.5) is 0 Å². The van der Waals surface area contributed by atoms with Crippen molar-refractivity contribution in [2.24, 2.45) is 0 Å². The zero-order valence-electron chi connectivity index (χ0n) is 10.8. The Labute approximate surface area is 110 Å². The molecule has 0 saturated carbocycles. The summed E-state index contributed by atoms with van der Waals surface area (Å²) < 4.78 is 9.21. The zero-order chi connectivity index (χ0) is 13.0. The molecule has 0 unspecified atom stereocenters. The third-order valence-corrected chi connectivity index (χ3v) is 3.13. The maximum atomic E-state index is 5.26. The van der Waals surface area contributed by atoms with E-state index < -0.39 is 0 Å². The number of aromatic nitrogens is 4. The fourth-order valence-corrected chi connectivity index (χ4v) is 2.12. The highest BCUT2D eigenvalue weighted by molar-refractivity contribution is 7.09. The van der Waals surface area contributed by atoms with Crippen LogP contribution in [0.5, 0.6) is 0 Å². The van der Waals surface area contributed by atoms with Crippen LogP contribution < -0.4 is 5.32 Å². The van der Waals surface area contributed by atoms with E-state index in [0.29, 0.717) is 24.3 Å². The Bertz CT molecular complexity index is 493. The second-order valence-electron chi connectivity index (χ2n) is 4.35. The van der Waals surface area contributed by atoms with Gasteiger partial charge in [-0.3, -0.25) is 0 Å². The predicted molar refractivity (Wildman–Crippen MR) is 69.2 cm³/mol. The molecule has 0 aromatic carbocycles. The normalized spacial score (nSPS) is 11.3. The number of nitrogens with one attached hydrogen (secondary N) is 1. The third-order valence-electron chi connectivity index (χ3n) is 2.37. The summed E-state index contributed by atoms with van der Waals surface area (Å²) >= 11 is 1.30. The van der Waals surface area contributed by atoms with Gasteiger partial charge in [0.1, 0.15) is 4.88 Å². The molecule has 0 saturated heterocycles. The molecule has 0 amide bonds. The smallest absolute Gasteiger partial charge is 0.271 e. The van der Waals surface area contributed by atoms with Gasteiger partial charge >= 0.3 is 0 Å². The number of hydrogen-bond donors (Lipinski definition) is 1. The van der Waals surface area contributed by atoms with Gasteiger partial charge in [0.2, 0.25) is 0 Å². The lowest BCUT2D eigenvalue weighted by Crippen LogP contribution is -2.22. The van der Waals surface area contributed by atoms with Crippen molar-refractivity contribution < 1.29 is 4.52 Å². The topological polar surface area (TPSA) is 76.7 Å². The Balaban J connectivity index is 2.11. The van der Waals surface area contributed by atoms with E-state index in [1.807, 2.05) is 0 Å². The number of hydrogen-bond acceptors (Lipinski definition) is 7. The van der Waals surface area contributed by atoms with Crippen molar-refractivity contribution in [2.75, 3.05) is 0 Å². The molecule has 0 aliphatic rings. The van der Waals surface area contributed by atoms with Crippen molar-refractivity contribution >= 4 is 11.5 Å². The van der Waals surface area contributed by atoms with Gasteiger partial charge in [0, 0.05) is 6.04 Å². The predicted octanol–water partition coefficient (Wildman–Crippen LogP) is 2.04. The van der Waals surface area contributed by atoms with Gasteiger partial charge in [-0.2, -0.15) is 4.98 Å². The molecule has 2 aromatic heterocycles. The van der Waals surface area contributed by atoms with Crippen LogP contribution in [0, 0.1) is 0 Å². The quantitative estimate of drug-likeness (QED) is 0.863. The Morgan fingerprint density at radius 2 is 2.22 bits per heavy atom. The van der Waals surface area contributed by atoms with Gasteiger partial charge in [-0.05, 0) is 18.0 Å². The summed E-state index contributed by atoms with van der Waals surface area (Å²) in [5, 5.41) is 11.3. The first kappa shape index (κ1) is 13.1. The molecule has 0 aliphatic carbocycles. The zero-order valence-corrected chi connectivity index (χ0v) is 11.6. The molecular weight excluding hydrogens is 250 g/mol. The van der Waals surface area contributed by atoms with Crippen LogP contribution in [-0.4, -0.2) is 25.8 Å². The van der Waals surface area contributed by atoms with E-state index in [9.17, 15) is 0 Å². The Kier molecular flexibility index (Phi) is 4.38. The first-order valence-electron chi connectivity index (χ1n) is 6.08. The first-order valence-corrected chi connectivity index (χ1v) is 6.85. The van der Waals surface area contributed by atoms with Gasteiger partial charge in [0.25, 0.3) is 5.89 Å². The van der Waals surface area contributed by atoms with Crippen molar-refractivity contribution in [1.82, 2.24) is 25.0 Å². The number of rotatable bonds is 6. The maximum absolute atomic E-state index is 5.26. The maximum Gasteiger partial charge on any atom is 0.271 e. The molecule has 0 bridgehead atoms.